The Kier molecular flexibility index (Phi) is 12.5. The fourth-order valence-corrected chi connectivity index (χ4v) is 8.40. The summed E-state index contributed by atoms with van der Waals surface area (Å²) in [4.78, 5) is 53.3. The van der Waals surface area contributed by atoms with E-state index >= 15 is 0 Å². The zero-order valence-electron chi connectivity index (χ0n) is 32.1. The standard InChI is InChI=1S/C41H58N4O7/c1-10-13-14-15-29-25-16-17-26(20-25)35(29)52-40(48)44-36(41(6,7)8)38(46)45-22-33(28(11-2)34(45)39(47)50-23-24(4)5)51-37-30(12-3)42-31-19-18-27(49-9)21-32(31)43-37/h10,12,18-19,21,24-26,28-29,33-36H,1,3,11,13-17,20,22-23H2,2,4-9H3,(H,44,48)/t25-,26+,28-,29-,33+,34+,35-,36-/m1/s1. The van der Waals surface area contributed by atoms with Gasteiger partial charge >= 0.3 is 12.1 Å². The maximum Gasteiger partial charge on any atom is 0.408 e. The lowest BCUT2D eigenvalue weighted by Crippen LogP contribution is -2.58. The average molecular weight is 719 g/mol. The zero-order chi connectivity index (χ0) is 37.7. The Hall–Kier alpha value is -4.15. The van der Waals surface area contributed by atoms with Gasteiger partial charge in [-0.2, -0.15) is 0 Å². The quantitative estimate of drug-likeness (QED) is 0.114. The number of benzene rings is 1. The van der Waals surface area contributed by atoms with E-state index in [1.54, 1.807) is 25.3 Å². The Labute approximate surface area is 308 Å². The van der Waals surface area contributed by atoms with Crippen LogP contribution in [0.2, 0.25) is 0 Å². The van der Waals surface area contributed by atoms with Crippen molar-refractivity contribution >= 4 is 35.1 Å². The number of alkyl carbamates (subject to hydrolysis) is 1. The van der Waals surface area contributed by atoms with E-state index in [1.807, 2.05) is 53.7 Å². The maximum atomic E-state index is 14.7. The number of aromatic nitrogens is 2. The van der Waals surface area contributed by atoms with Gasteiger partial charge in [-0.15, -0.1) is 6.58 Å². The van der Waals surface area contributed by atoms with Crippen LogP contribution in [-0.4, -0.2) is 77.4 Å². The maximum absolute atomic E-state index is 14.7. The number of methoxy groups -OCH3 is 1. The number of nitrogens with one attached hydrogen (secondary N) is 1. The molecule has 3 aliphatic rings. The largest absolute Gasteiger partial charge is 0.497 e. The molecule has 2 bridgehead atoms. The smallest absolute Gasteiger partial charge is 0.408 e. The lowest BCUT2D eigenvalue weighted by atomic mass is 9.83. The fourth-order valence-electron chi connectivity index (χ4n) is 8.40. The molecule has 11 heteroatoms. The van der Waals surface area contributed by atoms with Crippen LogP contribution in [0.5, 0.6) is 11.6 Å². The molecule has 2 saturated carbocycles. The number of carbonyl (C=O) groups is 3. The molecule has 1 aliphatic heterocycles. The van der Waals surface area contributed by atoms with Gasteiger partial charge in [-0.05, 0) is 92.2 Å². The van der Waals surface area contributed by atoms with Gasteiger partial charge in [0, 0.05) is 12.0 Å². The average Bonchev–Trinajstić information content (AvgIpc) is 3.82. The minimum absolute atomic E-state index is 0.0776. The summed E-state index contributed by atoms with van der Waals surface area (Å²) in [6, 6.07) is 3.47. The summed E-state index contributed by atoms with van der Waals surface area (Å²) in [5, 5.41) is 2.96. The summed E-state index contributed by atoms with van der Waals surface area (Å²) in [6.45, 7) is 19.6. The monoisotopic (exact) mass is 718 g/mol. The number of fused-ring (bicyclic) bond motifs is 3. The summed E-state index contributed by atoms with van der Waals surface area (Å²) in [6.07, 6.45) is 8.87. The molecule has 2 amide bonds. The second kappa shape index (κ2) is 16.7. The number of esters is 1. The van der Waals surface area contributed by atoms with Crippen LogP contribution in [0.4, 0.5) is 4.79 Å². The van der Waals surface area contributed by atoms with Crippen LogP contribution in [0.3, 0.4) is 0 Å². The number of carbonyl (C=O) groups excluding carboxylic acids is 3. The molecule has 1 aromatic heterocycles. The van der Waals surface area contributed by atoms with E-state index in [0.717, 1.165) is 32.1 Å². The molecule has 5 rings (SSSR count). The minimum atomic E-state index is -0.980. The predicted octanol–water partition coefficient (Wildman–Crippen LogP) is 7.38. The first-order valence-corrected chi connectivity index (χ1v) is 19.0. The third kappa shape index (κ3) is 8.55. The molecular weight excluding hydrogens is 660 g/mol. The number of rotatable bonds is 15. The van der Waals surface area contributed by atoms with E-state index < -0.39 is 47.5 Å². The summed E-state index contributed by atoms with van der Waals surface area (Å²) in [7, 11) is 1.58. The van der Waals surface area contributed by atoms with Crippen molar-refractivity contribution in [1.29, 1.82) is 0 Å². The van der Waals surface area contributed by atoms with Crippen LogP contribution < -0.4 is 14.8 Å². The van der Waals surface area contributed by atoms with Crippen LogP contribution >= 0.6 is 0 Å². The van der Waals surface area contributed by atoms with Crippen molar-refractivity contribution in [3.63, 3.8) is 0 Å². The third-order valence-electron chi connectivity index (χ3n) is 11.0. The van der Waals surface area contributed by atoms with E-state index in [9.17, 15) is 14.4 Å². The van der Waals surface area contributed by atoms with E-state index in [2.05, 4.69) is 18.5 Å². The number of likely N-dealkylation sites (tertiary alicyclic amines) is 1. The fraction of sp³-hybridized carbons (Fsp3) is 0.634. The van der Waals surface area contributed by atoms with E-state index in [-0.39, 0.29) is 31.1 Å². The normalized spacial score (nSPS) is 25.9. The minimum Gasteiger partial charge on any atom is -0.497 e. The second-order valence-corrected chi connectivity index (χ2v) is 16.2. The number of hydrogen-bond acceptors (Lipinski definition) is 9. The molecule has 11 nitrogen and oxygen atoms in total. The van der Waals surface area contributed by atoms with Gasteiger partial charge in [-0.3, -0.25) is 4.79 Å². The Bertz CT molecular complexity index is 1620. The van der Waals surface area contributed by atoms with Gasteiger partial charge < -0.3 is 29.2 Å². The highest BCUT2D eigenvalue weighted by molar-refractivity contribution is 5.91. The van der Waals surface area contributed by atoms with Gasteiger partial charge in [0.25, 0.3) is 0 Å². The SMILES string of the molecule is C=CCCC[C@@H]1[C@@H]2CC[C@@H](C2)[C@H]1OC(=O)N[C@H](C(=O)N1C[C@H](Oc2nc3cc(OC)ccc3nc2C=C)[C@@H](CC)[C@H]1C(=O)OCC(C)C)C(C)(C)C. The van der Waals surface area contributed by atoms with E-state index in [0.29, 0.717) is 46.7 Å². The van der Waals surface area contributed by atoms with Crippen molar-refractivity contribution in [3.05, 3.63) is 43.1 Å². The highest BCUT2D eigenvalue weighted by Gasteiger charge is 2.53. The van der Waals surface area contributed by atoms with Crippen LogP contribution in [0.25, 0.3) is 17.1 Å². The van der Waals surface area contributed by atoms with Gasteiger partial charge in [0.1, 0.15) is 35.7 Å². The molecule has 284 valence electrons. The van der Waals surface area contributed by atoms with Crippen molar-refractivity contribution in [2.24, 2.45) is 35.0 Å². The molecule has 8 atom stereocenters. The number of ether oxygens (including phenoxy) is 4. The van der Waals surface area contributed by atoms with E-state index in [1.165, 1.54) is 11.3 Å². The van der Waals surface area contributed by atoms with Gasteiger partial charge in [0.05, 0.1) is 31.3 Å². The number of nitrogens with zero attached hydrogens (tertiary/aromatic N) is 3. The second-order valence-electron chi connectivity index (χ2n) is 16.2. The Balaban J connectivity index is 1.41. The van der Waals surface area contributed by atoms with Crippen LogP contribution in [-0.2, 0) is 19.1 Å². The lowest BCUT2D eigenvalue weighted by Gasteiger charge is -2.36. The molecule has 0 unspecified atom stereocenters. The van der Waals surface area contributed by atoms with Gasteiger partial charge in [0.15, 0.2) is 0 Å². The highest BCUT2D eigenvalue weighted by Crippen LogP contribution is 2.51. The van der Waals surface area contributed by atoms with Crippen LogP contribution in [0.15, 0.2) is 37.4 Å². The van der Waals surface area contributed by atoms with Crippen molar-refractivity contribution in [1.82, 2.24) is 20.2 Å². The van der Waals surface area contributed by atoms with Crippen molar-refractivity contribution in [3.8, 4) is 11.6 Å². The van der Waals surface area contributed by atoms with Crippen LogP contribution in [0, 0.1) is 35.0 Å². The Morgan fingerprint density at radius 2 is 1.83 bits per heavy atom. The molecule has 1 saturated heterocycles. The van der Waals surface area contributed by atoms with Gasteiger partial charge in [0.2, 0.25) is 11.8 Å². The van der Waals surface area contributed by atoms with Crippen molar-refractivity contribution < 1.29 is 33.3 Å². The molecule has 1 aromatic carbocycles. The molecule has 0 spiro atoms. The van der Waals surface area contributed by atoms with Crippen molar-refractivity contribution in [2.45, 2.75) is 111 Å². The van der Waals surface area contributed by atoms with Gasteiger partial charge in [-0.1, -0.05) is 54.2 Å². The first kappa shape index (κ1) is 39.1. The van der Waals surface area contributed by atoms with Crippen molar-refractivity contribution in [2.75, 3.05) is 20.3 Å². The lowest BCUT2D eigenvalue weighted by molar-refractivity contribution is -0.157. The summed E-state index contributed by atoms with van der Waals surface area (Å²) < 4.78 is 23.9. The molecule has 2 aliphatic carbocycles. The van der Waals surface area contributed by atoms with E-state index in [4.69, 9.17) is 28.9 Å². The topological polar surface area (TPSA) is 129 Å². The molecule has 2 aromatic rings. The summed E-state index contributed by atoms with van der Waals surface area (Å²) >= 11 is 0. The zero-order valence-corrected chi connectivity index (χ0v) is 32.1. The summed E-state index contributed by atoms with van der Waals surface area (Å²) in [5.74, 6) is 0.865. The number of hydrogen-bond donors (Lipinski definition) is 1. The molecule has 3 fully saturated rings. The van der Waals surface area contributed by atoms with Gasteiger partial charge in [-0.25, -0.2) is 19.6 Å². The number of unbranched alkanes of at least 4 members (excludes halogenated alkanes) is 1. The number of amides is 2. The third-order valence-corrected chi connectivity index (χ3v) is 11.0. The predicted molar refractivity (Wildman–Crippen MR) is 201 cm³/mol. The number of allylic oxidation sites excluding steroid dienone is 1. The molecule has 0 radical (unpaired) electrons. The Morgan fingerprint density at radius 1 is 1.08 bits per heavy atom. The van der Waals surface area contributed by atoms with Crippen LogP contribution in [0.1, 0.15) is 92.2 Å². The summed E-state index contributed by atoms with van der Waals surface area (Å²) in [5.41, 5.74) is 0.949. The molecular formula is C41H58N4O7. The molecule has 2 heterocycles. The molecule has 1 N–H and O–H groups in total. The molecule has 52 heavy (non-hydrogen) atoms. The first-order chi connectivity index (χ1) is 24.8. The first-order valence-electron chi connectivity index (χ1n) is 19.0. The Morgan fingerprint density at radius 3 is 2.48 bits per heavy atom. The highest BCUT2D eigenvalue weighted by atomic mass is 16.6.